The van der Waals surface area contributed by atoms with E-state index < -0.39 is 5.60 Å². The third-order valence-corrected chi connectivity index (χ3v) is 10.3. The Hall–Kier alpha value is -5.05. The van der Waals surface area contributed by atoms with Crippen LogP contribution in [-0.2, 0) is 25.0 Å². The third-order valence-electron chi connectivity index (χ3n) is 10.3. The van der Waals surface area contributed by atoms with Crippen molar-refractivity contribution in [2.24, 2.45) is 18.9 Å². The first kappa shape index (κ1) is 35.4. The van der Waals surface area contributed by atoms with Gasteiger partial charge in [-0.1, -0.05) is 60.7 Å². The van der Waals surface area contributed by atoms with E-state index >= 15 is 0 Å². The van der Waals surface area contributed by atoms with Crippen LogP contribution in [0.1, 0.15) is 64.0 Å². The summed E-state index contributed by atoms with van der Waals surface area (Å²) in [6, 6.07) is 30.8. The number of amides is 1. The molecule has 272 valence electrons. The fourth-order valence-corrected chi connectivity index (χ4v) is 7.47. The zero-order valence-electron chi connectivity index (χ0n) is 31.0. The second-order valence-corrected chi connectivity index (χ2v) is 15.3. The molecule has 2 fully saturated rings. The highest BCUT2D eigenvalue weighted by atomic mass is 16.6. The van der Waals surface area contributed by atoms with Crippen molar-refractivity contribution < 1.29 is 19.0 Å². The quantitative estimate of drug-likeness (QED) is 0.144. The molecular weight excluding hydrogens is 651 g/mol. The molecule has 7 rings (SSSR count). The number of piperidine rings is 2. The van der Waals surface area contributed by atoms with Crippen molar-refractivity contribution in [1.82, 2.24) is 19.7 Å². The molecule has 0 N–H and O–H groups in total. The molecule has 9 nitrogen and oxygen atoms in total. The monoisotopic (exact) mass is 701 g/mol. The Morgan fingerprint density at radius 1 is 0.769 bits per heavy atom. The Morgan fingerprint density at radius 2 is 1.38 bits per heavy atom. The summed E-state index contributed by atoms with van der Waals surface area (Å²) in [4.78, 5) is 21.7. The molecule has 2 aromatic heterocycles. The zero-order valence-corrected chi connectivity index (χ0v) is 31.0. The summed E-state index contributed by atoms with van der Waals surface area (Å²) in [6.07, 6.45) is 5.58. The molecule has 4 heterocycles. The molecular formula is C43H51N5O4. The second kappa shape index (κ2) is 15.7. The summed E-state index contributed by atoms with van der Waals surface area (Å²) in [5, 5.41) is 6.06. The van der Waals surface area contributed by atoms with Crippen LogP contribution >= 0.6 is 0 Å². The summed E-state index contributed by atoms with van der Waals surface area (Å²) < 4.78 is 20.0. The maximum Gasteiger partial charge on any atom is 0.410 e. The molecule has 5 aromatic rings. The number of aryl methyl sites for hydroxylation is 1. The standard InChI is InChI=1S/C43H51N5O4/c1-43(2,3)52-42(49)48-25-21-32(22-26-48)27-31-19-23-47(24-20-31)35-15-16-36-38(28-35)46(4)45-40(36)37-17-18-39(50-29-33-11-7-5-8-12-33)44-41(37)51-30-34-13-9-6-10-14-34/h5-18,28,31-32H,19-27,29-30H2,1-4H3. The first-order chi connectivity index (χ1) is 25.2. The van der Waals surface area contributed by atoms with Crippen molar-refractivity contribution >= 4 is 22.7 Å². The number of fused-ring (bicyclic) bond motifs is 1. The van der Waals surface area contributed by atoms with Crippen molar-refractivity contribution in [3.8, 4) is 23.0 Å². The Balaban J connectivity index is 1.01. The fourth-order valence-electron chi connectivity index (χ4n) is 7.47. The molecule has 1 amide bonds. The van der Waals surface area contributed by atoms with Crippen molar-refractivity contribution in [3.05, 3.63) is 102 Å². The van der Waals surface area contributed by atoms with Gasteiger partial charge in [0.05, 0.1) is 11.1 Å². The summed E-state index contributed by atoms with van der Waals surface area (Å²) in [7, 11) is 2.01. The number of carbonyl (C=O) groups is 1. The van der Waals surface area contributed by atoms with Crippen molar-refractivity contribution in [2.75, 3.05) is 31.1 Å². The molecule has 0 atom stereocenters. The molecule has 0 bridgehead atoms. The molecule has 0 spiro atoms. The molecule has 2 aliphatic rings. The second-order valence-electron chi connectivity index (χ2n) is 15.3. The molecule has 0 unspecified atom stereocenters. The Bertz CT molecular complexity index is 1940. The first-order valence-electron chi connectivity index (χ1n) is 18.7. The van der Waals surface area contributed by atoms with Gasteiger partial charge in [0, 0.05) is 50.4 Å². The van der Waals surface area contributed by atoms with Crippen molar-refractivity contribution in [2.45, 2.75) is 71.7 Å². The van der Waals surface area contributed by atoms with E-state index in [1.54, 1.807) is 0 Å². The van der Waals surface area contributed by atoms with E-state index in [1.807, 2.05) is 110 Å². The van der Waals surface area contributed by atoms with Gasteiger partial charge in [0.2, 0.25) is 11.8 Å². The van der Waals surface area contributed by atoms with Crippen LogP contribution in [0.5, 0.6) is 11.8 Å². The maximum atomic E-state index is 12.5. The molecule has 52 heavy (non-hydrogen) atoms. The minimum absolute atomic E-state index is 0.174. The van der Waals surface area contributed by atoms with Gasteiger partial charge in [-0.05, 0) is 100 Å². The lowest BCUT2D eigenvalue weighted by Crippen LogP contribution is -2.42. The average molecular weight is 702 g/mol. The van der Waals surface area contributed by atoms with Gasteiger partial charge in [-0.15, -0.1) is 0 Å². The molecule has 2 aliphatic heterocycles. The normalized spacial score (nSPS) is 15.9. The highest BCUT2D eigenvalue weighted by molar-refractivity contribution is 5.96. The number of benzene rings is 3. The zero-order chi connectivity index (χ0) is 36.1. The predicted octanol–water partition coefficient (Wildman–Crippen LogP) is 9.05. The average Bonchev–Trinajstić information content (AvgIpc) is 3.49. The van der Waals surface area contributed by atoms with Crippen molar-refractivity contribution in [3.63, 3.8) is 0 Å². The van der Waals surface area contributed by atoms with Crippen LogP contribution in [0.2, 0.25) is 0 Å². The van der Waals surface area contributed by atoms with Gasteiger partial charge in [-0.3, -0.25) is 4.68 Å². The van der Waals surface area contributed by atoms with E-state index in [4.69, 9.17) is 24.3 Å². The summed E-state index contributed by atoms with van der Waals surface area (Å²) in [6.45, 7) is 10.3. The van der Waals surface area contributed by atoms with Gasteiger partial charge in [-0.2, -0.15) is 10.1 Å². The lowest BCUT2D eigenvalue weighted by atomic mass is 9.83. The number of anilines is 1. The maximum absolute atomic E-state index is 12.5. The van der Waals surface area contributed by atoms with Gasteiger partial charge >= 0.3 is 6.09 Å². The SMILES string of the molecule is Cn1nc(-c2ccc(OCc3ccccc3)nc2OCc2ccccc2)c2ccc(N3CCC(CC4CCN(C(=O)OC(C)(C)C)CC4)CC3)cc21. The molecule has 0 aliphatic carbocycles. The van der Waals surface area contributed by atoms with Gasteiger partial charge in [0.1, 0.15) is 24.5 Å². The van der Waals surface area contributed by atoms with Crippen molar-refractivity contribution in [1.29, 1.82) is 0 Å². The molecule has 2 saturated heterocycles. The third kappa shape index (κ3) is 8.69. The molecule has 0 radical (unpaired) electrons. The smallest absolute Gasteiger partial charge is 0.410 e. The summed E-state index contributed by atoms with van der Waals surface area (Å²) in [5.41, 5.74) is 5.67. The van der Waals surface area contributed by atoms with Crippen LogP contribution in [0.3, 0.4) is 0 Å². The Labute approximate surface area is 307 Å². The van der Waals surface area contributed by atoms with E-state index in [-0.39, 0.29) is 6.09 Å². The molecule has 0 saturated carbocycles. The van der Waals surface area contributed by atoms with Gasteiger partial charge in [-0.25, -0.2) is 4.79 Å². The largest absolute Gasteiger partial charge is 0.473 e. The molecule has 3 aromatic carbocycles. The van der Waals surface area contributed by atoms with Crippen LogP contribution in [0, 0.1) is 11.8 Å². The van der Waals surface area contributed by atoms with Crippen LogP contribution < -0.4 is 14.4 Å². The van der Waals surface area contributed by atoms with E-state index in [1.165, 1.54) is 24.9 Å². The number of aromatic nitrogens is 3. The number of pyridine rings is 1. The minimum Gasteiger partial charge on any atom is -0.473 e. The number of nitrogens with zero attached hydrogens (tertiary/aromatic N) is 5. The Kier molecular flexibility index (Phi) is 10.7. The number of carbonyl (C=O) groups excluding carboxylic acids is 1. The minimum atomic E-state index is -0.449. The van der Waals surface area contributed by atoms with E-state index in [2.05, 4.69) is 23.1 Å². The Morgan fingerprint density at radius 3 is 2.02 bits per heavy atom. The van der Waals surface area contributed by atoms with Crippen LogP contribution in [0.4, 0.5) is 10.5 Å². The lowest BCUT2D eigenvalue weighted by Gasteiger charge is -2.37. The molecule has 9 heteroatoms. The number of likely N-dealkylation sites (tertiary alicyclic amines) is 1. The highest BCUT2D eigenvalue weighted by Crippen LogP contribution is 2.38. The number of rotatable bonds is 10. The van der Waals surface area contributed by atoms with Gasteiger partial charge in [0.25, 0.3) is 0 Å². The van der Waals surface area contributed by atoms with Crippen LogP contribution in [0.15, 0.2) is 91.0 Å². The van der Waals surface area contributed by atoms with E-state index in [0.29, 0.717) is 30.9 Å². The highest BCUT2D eigenvalue weighted by Gasteiger charge is 2.29. The number of hydrogen-bond acceptors (Lipinski definition) is 7. The van der Waals surface area contributed by atoms with E-state index in [0.717, 1.165) is 78.2 Å². The lowest BCUT2D eigenvalue weighted by molar-refractivity contribution is 0.0174. The van der Waals surface area contributed by atoms with Gasteiger partial charge < -0.3 is 24.0 Å². The summed E-state index contributed by atoms with van der Waals surface area (Å²) in [5.74, 6) is 2.41. The van der Waals surface area contributed by atoms with Crippen LogP contribution in [-0.4, -0.2) is 57.5 Å². The van der Waals surface area contributed by atoms with E-state index in [9.17, 15) is 4.79 Å². The summed E-state index contributed by atoms with van der Waals surface area (Å²) >= 11 is 0. The van der Waals surface area contributed by atoms with Crippen LogP contribution in [0.25, 0.3) is 22.2 Å². The fraction of sp³-hybridized carbons (Fsp3) is 0.419. The van der Waals surface area contributed by atoms with Gasteiger partial charge in [0.15, 0.2) is 0 Å². The number of hydrogen-bond donors (Lipinski definition) is 0. The topological polar surface area (TPSA) is 82.0 Å². The first-order valence-corrected chi connectivity index (χ1v) is 18.7. The predicted molar refractivity (Wildman–Crippen MR) is 206 cm³/mol. The number of ether oxygens (including phenoxy) is 3.